The lowest BCUT2D eigenvalue weighted by atomic mass is 9.99. The van der Waals surface area contributed by atoms with Crippen molar-refractivity contribution in [3.05, 3.63) is 53.6 Å². The number of piperidine rings is 1. The van der Waals surface area contributed by atoms with Crippen LogP contribution in [0.25, 0.3) is 0 Å². The van der Waals surface area contributed by atoms with Crippen LogP contribution in [0.1, 0.15) is 41.0 Å². The molecule has 1 aliphatic heterocycles. The lowest BCUT2D eigenvalue weighted by Gasteiger charge is -2.35. The van der Waals surface area contributed by atoms with Crippen LogP contribution in [0, 0.1) is 12.8 Å². The standard InChI is InChI=1S/C20H20F3N3O2/c1-12-9-25-17(10-24-12)19(27)26-15-6-5-13(7-15)18(26)11-28-16-4-2-3-14(8-16)20(21,22)23/h2-4,8-10,13,15,18H,5-7,11H2,1H3/t13?,15?,18-/m0/s1. The topological polar surface area (TPSA) is 55.3 Å². The van der Waals surface area contributed by atoms with Crippen molar-refractivity contribution in [3.8, 4) is 5.75 Å². The van der Waals surface area contributed by atoms with Crippen molar-refractivity contribution >= 4 is 5.91 Å². The van der Waals surface area contributed by atoms with E-state index < -0.39 is 11.7 Å². The molecule has 2 heterocycles. The number of hydrogen-bond acceptors (Lipinski definition) is 4. The Morgan fingerprint density at radius 2 is 2.07 bits per heavy atom. The van der Waals surface area contributed by atoms with E-state index in [1.165, 1.54) is 18.3 Å². The molecule has 2 bridgehead atoms. The summed E-state index contributed by atoms with van der Waals surface area (Å²) < 4.78 is 44.4. The highest BCUT2D eigenvalue weighted by Gasteiger charge is 2.48. The third-order valence-electron chi connectivity index (χ3n) is 5.56. The summed E-state index contributed by atoms with van der Waals surface area (Å²) in [5, 5.41) is 0. The molecule has 2 aromatic rings. The van der Waals surface area contributed by atoms with Gasteiger partial charge in [-0.3, -0.25) is 9.78 Å². The maximum atomic E-state index is 13.0. The van der Waals surface area contributed by atoms with Crippen molar-refractivity contribution in [3.63, 3.8) is 0 Å². The summed E-state index contributed by atoms with van der Waals surface area (Å²) in [6, 6.07) is 4.77. The summed E-state index contributed by atoms with van der Waals surface area (Å²) in [5.74, 6) is 0.246. The smallest absolute Gasteiger partial charge is 0.416 e. The second-order valence-electron chi connectivity index (χ2n) is 7.39. The van der Waals surface area contributed by atoms with E-state index in [-0.39, 0.29) is 42.0 Å². The molecule has 148 valence electrons. The van der Waals surface area contributed by atoms with Gasteiger partial charge in [0.25, 0.3) is 5.91 Å². The second kappa shape index (κ2) is 7.07. The van der Waals surface area contributed by atoms with E-state index in [1.807, 2.05) is 0 Å². The van der Waals surface area contributed by atoms with Crippen LogP contribution in [0.2, 0.25) is 0 Å². The van der Waals surface area contributed by atoms with Gasteiger partial charge in [0.1, 0.15) is 18.1 Å². The molecule has 0 radical (unpaired) electrons. The predicted molar refractivity (Wildman–Crippen MR) is 94.8 cm³/mol. The van der Waals surface area contributed by atoms with Crippen LogP contribution in [0.5, 0.6) is 5.75 Å². The number of aromatic nitrogens is 2. The van der Waals surface area contributed by atoms with E-state index in [4.69, 9.17) is 4.74 Å². The molecule has 1 amide bonds. The van der Waals surface area contributed by atoms with E-state index in [0.29, 0.717) is 0 Å². The first-order chi connectivity index (χ1) is 13.3. The van der Waals surface area contributed by atoms with E-state index in [0.717, 1.165) is 37.1 Å². The zero-order valence-corrected chi connectivity index (χ0v) is 15.3. The van der Waals surface area contributed by atoms with Crippen molar-refractivity contribution in [1.82, 2.24) is 14.9 Å². The van der Waals surface area contributed by atoms with Gasteiger partial charge in [-0.05, 0) is 50.3 Å². The third-order valence-corrected chi connectivity index (χ3v) is 5.56. The minimum atomic E-state index is -4.42. The van der Waals surface area contributed by atoms with Gasteiger partial charge in [0, 0.05) is 12.2 Å². The summed E-state index contributed by atoms with van der Waals surface area (Å²) >= 11 is 0. The minimum absolute atomic E-state index is 0.121. The number of likely N-dealkylation sites (tertiary alicyclic amines) is 1. The first-order valence-corrected chi connectivity index (χ1v) is 9.24. The zero-order chi connectivity index (χ0) is 19.9. The highest BCUT2D eigenvalue weighted by molar-refractivity contribution is 5.92. The number of hydrogen-bond donors (Lipinski definition) is 0. The Kier molecular flexibility index (Phi) is 4.72. The molecule has 4 rings (SSSR count). The molecule has 5 nitrogen and oxygen atoms in total. The quantitative estimate of drug-likeness (QED) is 0.794. The van der Waals surface area contributed by atoms with Gasteiger partial charge >= 0.3 is 6.18 Å². The Bertz CT molecular complexity index is 870. The van der Waals surface area contributed by atoms with Crippen molar-refractivity contribution in [2.24, 2.45) is 5.92 Å². The second-order valence-corrected chi connectivity index (χ2v) is 7.39. The zero-order valence-electron chi connectivity index (χ0n) is 15.3. The molecule has 0 spiro atoms. The average molecular weight is 391 g/mol. The molecule has 2 fully saturated rings. The van der Waals surface area contributed by atoms with Crippen molar-refractivity contribution < 1.29 is 22.7 Å². The van der Waals surface area contributed by atoms with E-state index in [1.54, 1.807) is 18.0 Å². The number of benzene rings is 1. The predicted octanol–water partition coefficient (Wildman–Crippen LogP) is 3.88. The number of ether oxygens (including phenoxy) is 1. The molecule has 2 unspecified atom stereocenters. The fraction of sp³-hybridized carbons (Fsp3) is 0.450. The van der Waals surface area contributed by atoms with E-state index in [9.17, 15) is 18.0 Å². The van der Waals surface area contributed by atoms with E-state index >= 15 is 0 Å². The summed E-state index contributed by atoms with van der Waals surface area (Å²) in [6.45, 7) is 1.96. The number of aryl methyl sites for hydroxylation is 1. The number of amides is 1. The fourth-order valence-corrected chi connectivity index (χ4v) is 4.20. The summed E-state index contributed by atoms with van der Waals surface area (Å²) in [5.41, 5.74) is 0.256. The fourth-order valence-electron chi connectivity index (χ4n) is 4.20. The summed E-state index contributed by atoms with van der Waals surface area (Å²) in [4.78, 5) is 23.1. The van der Waals surface area contributed by atoms with Gasteiger partial charge in [0.2, 0.25) is 0 Å². The molecule has 1 aliphatic carbocycles. The summed E-state index contributed by atoms with van der Waals surface area (Å²) in [7, 11) is 0. The number of alkyl halides is 3. The monoisotopic (exact) mass is 391 g/mol. The molecule has 8 heteroatoms. The molecule has 1 aromatic carbocycles. The summed E-state index contributed by atoms with van der Waals surface area (Å²) in [6.07, 6.45) is 1.41. The Morgan fingerprint density at radius 3 is 2.79 bits per heavy atom. The molecule has 2 aliphatic rings. The number of carbonyl (C=O) groups excluding carboxylic acids is 1. The normalized spacial score (nSPS) is 23.9. The van der Waals surface area contributed by atoms with Crippen molar-refractivity contribution in [1.29, 1.82) is 0 Å². The molecule has 1 saturated carbocycles. The van der Waals surface area contributed by atoms with Crippen LogP contribution >= 0.6 is 0 Å². The van der Waals surface area contributed by atoms with Crippen LogP contribution in [-0.4, -0.2) is 39.5 Å². The van der Waals surface area contributed by atoms with Crippen molar-refractivity contribution in [2.75, 3.05) is 6.61 Å². The lowest BCUT2D eigenvalue weighted by Crippen LogP contribution is -2.48. The minimum Gasteiger partial charge on any atom is -0.491 e. The van der Waals surface area contributed by atoms with Crippen LogP contribution in [0.4, 0.5) is 13.2 Å². The first kappa shape index (κ1) is 18.7. The van der Waals surface area contributed by atoms with Gasteiger partial charge in [-0.2, -0.15) is 13.2 Å². The van der Waals surface area contributed by atoms with Crippen LogP contribution in [-0.2, 0) is 6.18 Å². The Labute approximate surface area is 160 Å². The molecular weight excluding hydrogens is 371 g/mol. The molecular formula is C20H20F3N3O2. The maximum Gasteiger partial charge on any atom is 0.416 e. The van der Waals surface area contributed by atoms with Gasteiger partial charge < -0.3 is 9.64 Å². The molecule has 0 N–H and O–H groups in total. The number of fused-ring (bicyclic) bond motifs is 2. The van der Waals surface area contributed by atoms with Gasteiger partial charge in [-0.1, -0.05) is 6.07 Å². The highest BCUT2D eigenvalue weighted by atomic mass is 19.4. The number of rotatable bonds is 4. The Morgan fingerprint density at radius 1 is 1.25 bits per heavy atom. The maximum absolute atomic E-state index is 13.0. The molecule has 1 aromatic heterocycles. The van der Waals surface area contributed by atoms with Gasteiger partial charge in [-0.25, -0.2) is 4.98 Å². The van der Waals surface area contributed by atoms with Gasteiger partial charge in [-0.15, -0.1) is 0 Å². The van der Waals surface area contributed by atoms with Gasteiger partial charge in [0.05, 0.1) is 23.5 Å². The number of nitrogens with zero attached hydrogens (tertiary/aromatic N) is 3. The van der Waals surface area contributed by atoms with Gasteiger partial charge in [0.15, 0.2) is 0 Å². The Hall–Kier alpha value is -2.64. The third kappa shape index (κ3) is 3.55. The van der Waals surface area contributed by atoms with Crippen LogP contribution in [0.3, 0.4) is 0 Å². The Balaban J connectivity index is 1.50. The van der Waals surface area contributed by atoms with Crippen LogP contribution < -0.4 is 4.74 Å². The average Bonchev–Trinajstić information content (AvgIpc) is 3.27. The molecule has 28 heavy (non-hydrogen) atoms. The number of carbonyl (C=O) groups is 1. The first-order valence-electron chi connectivity index (χ1n) is 9.24. The largest absolute Gasteiger partial charge is 0.491 e. The molecule has 1 saturated heterocycles. The lowest BCUT2D eigenvalue weighted by molar-refractivity contribution is -0.137. The van der Waals surface area contributed by atoms with Crippen LogP contribution in [0.15, 0.2) is 36.7 Å². The highest BCUT2D eigenvalue weighted by Crippen LogP contribution is 2.43. The molecule has 3 atom stereocenters. The van der Waals surface area contributed by atoms with Crippen molar-refractivity contribution in [2.45, 2.75) is 44.4 Å². The van der Waals surface area contributed by atoms with E-state index in [2.05, 4.69) is 9.97 Å². The number of halogens is 3. The SMILES string of the molecule is Cc1cnc(C(=O)N2C3CCC(C3)[C@@H]2COc2cccc(C(F)(F)F)c2)cn1.